The van der Waals surface area contributed by atoms with E-state index in [1.165, 1.54) is 25.9 Å². The molecule has 0 radical (unpaired) electrons. The first-order valence-electron chi connectivity index (χ1n) is 11.7. The van der Waals surface area contributed by atoms with Gasteiger partial charge < -0.3 is 14.4 Å². The number of hydrogen-bond acceptors (Lipinski definition) is 5. The monoisotopic (exact) mass is 445 g/mol. The van der Waals surface area contributed by atoms with Crippen LogP contribution >= 0.6 is 11.6 Å². The van der Waals surface area contributed by atoms with Crippen LogP contribution in [0.25, 0.3) is 11.3 Å². The van der Waals surface area contributed by atoms with Gasteiger partial charge in [0.15, 0.2) is 0 Å². The number of piperazine rings is 1. The van der Waals surface area contributed by atoms with Crippen LogP contribution in [0.2, 0.25) is 5.02 Å². The largest absolute Gasteiger partial charge is 0.460 e. The van der Waals surface area contributed by atoms with Crippen molar-refractivity contribution in [2.24, 2.45) is 0 Å². The van der Waals surface area contributed by atoms with Crippen molar-refractivity contribution in [1.29, 1.82) is 0 Å². The van der Waals surface area contributed by atoms with Gasteiger partial charge in [-0.05, 0) is 70.5 Å². The molecule has 3 heterocycles. The Hall–Kier alpha value is -1.37. The minimum Gasteiger partial charge on any atom is -0.460 e. The normalized spacial score (nSPS) is 22.4. The number of nitrogens with zero attached hydrogens (tertiary/aromatic N) is 3. The van der Waals surface area contributed by atoms with Crippen molar-refractivity contribution in [3.63, 3.8) is 0 Å². The molecule has 0 amide bonds. The number of aliphatic hydroxyl groups is 1. The molecule has 0 aliphatic carbocycles. The first kappa shape index (κ1) is 22.8. The van der Waals surface area contributed by atoms with Gasteiger partial charge in [0, 0.05) is 49.9 Å². The van der Waals surface area contributed by atoms with Crippen molar-refractivity contribution in [2.75, 3.05) is 39.3 Å². The topological polar surface area (TPSA) is 43.1 Å². The third-order valence-electron chi connectivity index (χ3n) is 6.95. The van der Waals surface area contributed by atoms with Crippen LogP contribution in [0, 0.1) is 0 Å². The molecule has 1 aromatic heterocycles. The summed E-state index contributed by atoms with van der Waals surface area (Å²) < 4.78 is 6.13. The molecule has 0 spiro atoms. The molecule has 1 N–H and O–H groups in total. The summed E-state index contributed by atoms with van der Waals surface area (Å²) in [5, 5.41) is 10.4. The highest BCUT2D eigenvalue weighted by atomic mass is 35.5. The fourth-order valence-electron chi connectivity index (χ4n) is 5.19. The van der Waals surface area contributed by atoms with Gasteiger partial charge in [-0.3, -0.25) is 9.80 Å². The van der Waals surface area contributed by atoms with Crippen LogP contribution in [0.3, 0.4) is 0 Å². The summed E-state index contributed by atoms with van der Waals surface area (Å²) in [5.41, 5.74) is 0.936. The predicted molar refractivity (Wildman–Crippen MR) is 126 cm³/mol. The molecule has 2 aliphatic rings. The first-order valence-corrected chi connectivity index (χ1v) is 12.1. The summed E-state index contributed by atoms with van der Waals surface area (Å²) in [6, 6.07) is 13.6. The van der Waals surface area contributed by atoms with E-state index in [-0.39, 0.29) is 6.61 Å². The zero-order chi connectivity index (χ0) is 21.8. The molecule has 2 saturated heterocycles. The van der Waals surface area contributed by atoms with Gasteiger partial charge in [-0.25, -0.2) is 0 Å². The maximum absolute atomic E-state index is 9.70. The van der Waals surface area contributed by atoms with Gasteiger partial charge in [0.1, 0.15) is 11.5 Å². The number of piperidine rings is 1. The maximum atomic E-state index is 9.70. The molecule has 4 rings (SSSR count). The molecule has 5 nitrogen and oxygen atoms in total. The van der Waals surface area contributed by atoms with Crippen molar-refractivity contribution >= 4 is 11.6 Å². The molecule has 170 valence electrons. The van der Waals surface area contributed by atoms with Crippen LogP contribution in [0.4, 0.5) is 0 Å². The lowest BCUT2D eigenvalue weighted by Gasteiger charge is -2.48. The Balaban J connectivity index is 1.36. The van der Waals surface area contributed by atoms with E-state index in [2.05, 4.69) is 34.6 Å². The fourth-order valence-corrected chi connectivity index (χ4v) is 5.42. The molecule has 31 heavy (non-hydrogen) atoms. The fraction of sp³-hybridized carbons (Fsp3) is 0.600. The second kappa shape index (κ2) is 10.5. The molecule has 2 aromatic rings. The van der Waals surface area contributed by atoms with Crippen molar-refractivity contribution in [1.82, 2.24) is 14.7 Å². The summed E-state index contributed by atoms with van der Waals surface area (Å²) in [6.07, 6.45) is 3.31. The molecule has 0 unspecified atom stereocenters. The lowest BCUT2D eigenvalue weighted by atomic mass is 9.97. The average molecular weight is 446 g/mol. The summed E-state index contributed by atoms with van der Waals surface area (Å²) >= 11 is 6.33. The minimum atomic E-state index is 0.247. The lowest BCUT2D eigenvalue weighted by Crippen LogP contribution is -2.58. The van der Waals surface area contributed by atoms with Crippen LogP contribution in [0.5, 0.6) is 0 Å². The van der Waals surface area contributed by atoms with E-state index in [1.54, 1.807) is 0 Å². The Morgan fingerprint density at radius 1 is 1.06 bits per heavy atom. The number of furan rings is 1. The predicted octanol–water partition coefficient (Wildman–Crippen LogP) is 4.34. The number of aliphatic hydroxyl groups excluding tert-OH is 1. The Labute approximate surface area is 191 Å². The second-order valence-corrected chi connectivity index (χ2v) is 9.65. The van der Waals surface area contributed by atoms with Gasteiger partial charge in [0.05, 0.1) is 11.6 Å². The molecular formula is C25H36ClN3O2. The SMILES string of the molecule is CC(C)N1CCC(N2CCN(Cc3ccc(-c4ccccc4Cl)o3)C[C@@H]2CCO)CC1. The van der Waals surface area contributed by atoms with E-state index in [4.69, 9.17) is 16.0 Å². The van der Waals surface area contributed by atoms with Gasteiger partial charge in [-0.1, -0.05) is 23.7 Å². The van der Waals surface area contributed by atoms with Crippen molar-refractivity contribution in [2.45, 2.75) is 57.8 Å². The Morgan fingerprint density at radius 2 is 1.84 bits per heavy atom. The highest BCUT2D eigenvalue weighted by Gasteiger charge is 2.34. The number of halogens is 1. The molecule has 1 atom stereocenters. The van der Waals surface area contributed by atoms with E-state index >= 15 is 0 Å². The summed E-state index contributed by atoms with van der Waals surface area (Å²) in [7, 11) is 0. The number of benzene rings is 1. The number of hydrogen-bond donors (Lipinski definition) is 1. The summed E-state index contributed by atoms with van der Waals surface area (Å²) in [6.45, 7) is 11.1. The van der Waals surface area contributed by atoms with Crippen LogP contribution in [0.15, 0.2) is 40.8 Å². The lowest BCUT2D eigenvalue weighted by molar-refractivity contribution is -0.00156. The minimum absolute atomic E-state index is 0.247. The van der Waals surface area contributed by atoms with Gasteiger partial charge in [0.25, 0.3) is 0 Å². The number of likely N-dealkylation sites (tertiary alicyclic amines) is 1. The van der Waals surface area contributed by atoms with E-state index < -0.39 is 0 Å². The van der Waals surface area contributed by atoms with Gasteiger partial charge >= 0.3 is 0 Å². The highest BCUT2D eigenvalue weighted by Crippen LogP contribution is 2.30. The maximum Gasteiger partial charge on any atom is 0.135 e. The quantitative estimate of drug-likeness (QED) is 0.686. The molecule has 0 saturated carbocycles. The Morgan fingerprint density at radius 3 is 2.55 bits per heavy atom. The number of rotatable bonds is 7. The van der Waals surface area contributed by atoms with Crippen molar-refractivity contribution in [3.05, 3.63) is 47.2 Å². The third kappa shape index (κ3) is 5.52. The van der Waals surface area contributed by atoms with Crippen molar-refractivity contribution < 1.29 is 9.52 Å². The van der Waals surface area contributed by atoms with E-state index in [0.717, 1.165) is 49.7 Å². The standard InChI is InChI=1S/C25H36ClN3O2/c1-19(2)28-12-9-20(10-13-28)29-15-14-27(17-21(29)11-16-30)18-22-7-8-25(31-22)23-5-3-4-6-24(23)26/h3-8,19-21,30H,9-18H2,1-2H3/t21-/m0/s1. The highest BCUT2D eigenvalue weighted by molar-refractivity contribution is 6.33. The average Bonchev–Trinajstić information content (AvgIpc) is 3.23. The Kier molecular flexibility index (Phi) is 7.72. The zero-order valence-electron chi connectivity index (χ0n) is 18.8. The zero-order valence-corrected chi connectivity index (χ0v) is 19.6. The van der Waals surface area contributed by atoms with E-state index in [1.807, 2.05) is 30.3 Å². The van der Waals surface area contributed by atoms with E-state index in [9.17, 15) is 5.11 Å². The summed E-state index contributed by atoms with van der Waals surface area (Å²) in [5.74, 6) is 1.79. The molecular weight excluding hydrogens is 410 g/mol. The van der Waals surface area contributed by atoms with Gasteiger partial charge in [0.2, 0.25) is 0 Å². The van der Waals surface area contributed by atoms with Crippen LogP contribution in [-0.2, 0) is 6.54 Å². The molecule has 0 bridgehead atoms. The van der Waals surface area contributed by atoms with Crippen molar-refractivity contribution in [3.8, 4) is 11.3 Å². The van der Waals surface area contributed by atoms with Crippen LogP contribution in [-0.4, -0.2) is 77.3 Å². The van der Waals surface area contributed by atoms with Gasteiger partial charge in [-0.15, -0.1) is 0 Å². The second-order valence-electron chi connectivity index (χ2n) is 9.25. The molecule has 6 heteroatoms. The smallest absolute Gasteiger partial charge is 0.135 e. The third-order valence-corrected chi connectivity index (χ3v) is 7.28. The Bertz CT molecular complexity index is 832. The molecule has 2 aliphatic heterocycles. The van der Waals surface area contributed by atoms with Crippen LogP contribution < -0.4 is 0 Å². The van der Waals surface area contributed by atoms with E-state index in [0.29, 0.717) is 23.1 Å². The van der Waals surface area contributed by atoms with Gasteiger partial charge in [-0.2, -0.15) is 0 Å². The molecule has 1 aromatic carbocycles. The van der Waals surface area contributed by atoms with Crippen LogP contribution in [0.1, 0.15) is 38.9 Å². The first-order chi connectivity index (χ1) is 15.0. The molecule has 2 fully saturated rings. The summed E-state index contributed by atoms with van der Waals surface area (Å²) in [4.78, 5) is 7.73.